The molecule has 5 heterocycles. The third-order valence-corrected chi connectivity index (χ3v) is 6.94. The minimum atomic E-state index is -1.44. The lowest BCUT2D eigenvalue weighted by atomic mass is 9.99. The number of carbonyl (C=O) groups excluding carboxylic acids is 1. The Morgan fingerprint density at radius 1 is 1.32 bits per heavy atom. The van der Waals surface area contributed by atoms with Crippen molar-refractivity contribution in [3.05, 3.63) is 63.8 Å². The summed E-state index contributed by atoms with van der Waals surface area (Å²) in [5.74, 6) is -2.76. The molecule has 4 aromatic heterocycles. The fourth-order valence-electron chi connectivity index (χ4n) is 4.11. The van der Waals surface area contributed by atoms with Crippen LogP contribution in [0.2, 0.25) is 0 Å². The molecule has 0 aliphatic carbocycles. The number of carboxylic acid groups (broad SMARTS) is 1. The van der Waals surface area contributed by atoms with E-state index in [9.17, 15) is 19.5 Å². The van der Waals surface area contributed by atoms with Crippen molar-refractivity contribution >= 4 is 40.1 Å². The predicted molar refractivity (Wildman–Crippen MR) is 138 cm³/mol. The molecule has 1 amide bonds. The number of nitrogens with zero attached hydrogens (tertiary/aromatic N) is 5. The van der Waals surface area contributed by atoms with Crippen molar-refractivity contribution in [3.8, 4) is 16.4 Å². The van der Waals surface area contributed by atoms with Gasteiger partial charge in [-0.1, -0.05) is 0 Å². The average molecular weight is 539 g/mol. The summed E-state index contributed by atoms with van der Waals surface area (Å²) in [6.07, 6.45) is 4.43. The summed E-state index contributed by atoms with van der Waals surface area (Å²) < 4.78 is 21.7. The van der Waals surface area contributed by atoms with Crippen LogP contribution in [-0.4, -0.2) is 69.4 Å². The molecule has 1 fully saturated rings. The van der Waals surface area contributed by atoms with Gasteiger partial charge in [-0.2, -0.15) is 0 Å². The second kappa shape index (κ2) is 10.6. The SMILES string of the molecule is CCOCCNC(=O)C1CN(c2nc3c(cc2F)c(=O)c(C(=O)O)cn3-c2nc(-c3cccnc3)cs2)C1. The number of anilines is 1. The highest BCUT2D eigenvalue weighted by Gasteiger charge is 2.35. The molecule has 196 valence electrons. The maximum atomic E-state index is 15.1. The number of pyridine rings is 3. The second-order valence-corrected chi connectivity index (χ2v) is 9.40. The van der Waals surface area contributed by atoms with Crippen LogP contribution in [0.3, 0.4) is 0 Å². The van der Waals surface area contributed by atoms with Gasteiger partial charge in [0, 0.05) is 55.8 Å². The van der Waals surface area contributed by atoms with E-state index in [2.05, 4.69) is 20.3 Å². The number of hydrogen-bond acceptors (Lipinski definition) is 9. The number of aromatic carboxylic acids is 1. The summed E-state index contributed by atoms with van der Waals surface area (Å²) >= 11 is 1.21. The lowest BCUT2D eigenvalue weighted by molar-refractivity contribution is -0.125. The van der Waals surface area contributed by atoms with E-state index in [0.29, 0.717) is 30.6 Å². The molecule has 0 radical (unpaired) electrons. The van der Waals surface area contributed by atoms with E-state index in [4.69, 9.17) is 4.74 Å². The van der Waals surface area contributed by atoms with Gasteiger partial charge < -0.3 is 20.1 Å². The van der Waals surface area contributed by atoms with Crippen molar-refractivity contribution in [1.82, 2.24) is 24.8 Å². The molecular formula is C25H23FN6O5S. The maximum Gasteiger partial charge on any atom is 0.341 e. The molecule has 13 heteroatoms. The van der Waals surface area contributed by atoms with Gasteiger partial charge in [-0.25, -0.2) is 19.2 Å². The Morgan fingerprint density at radius 2 is 2.13 bits per heavy atom. The Bertz CT molecular complexity index is 1570. The molecule has 11 nitrogen and oxygen atoms in total. The molecule has 1 saturated heterocycles. The van der Waals surface area contributed by atoms with Gasteiger partial charge in [-0.05, 0) is 25.1 Å². The normalized spacial score (nSPS) is 13.5. The molecule has 0 atom stereocenters. The van der Waals surface area contributed by atoms with Crippen LogP contribution in [0.1, 0.15) is 17.3 Å². The predicted octanol–water partition coefficient (Wildman–Crippen LogP) is 2.33. The second-order valence-electron chi connectivity index (χ2n) is 8.56. The molecule has 0 bridgehead atoms. The van der Waals surface area contributed by atoms with Gasteiger partial charge >= 0.3 is 5.97 Å². The molecule has 4 aromatic rings. The number of amides is 1. The molecule has 0 saturated carbocycles. The van der Waals surface area contributed by atoms with Gasteiger partial charge in [0.1, 0.15) is 5.56 Å². The third kappa shape index (κ3) is 4.85. The number of ether oxygens (including phenoxy) is 1. The Balaban J connectivity index is 1.49. The third-order valence-electron chi connectivity index (χ3n) is 6.10. The van der Waals surface area contributed by atoms with Crippen LogP contribution >= 0.6 is 11.3 Å². The van der Waals surface area contributed by atoms with Gasteiger partial charge in [0.15, 0.2) is 22.4 Å². The topological polar surface area (TPSA) is 140 Å². The highest BCUT2D eigenvalue weighted by Crippen LogP contribution is 2.30. The van der Waals surface area contributed by atoms with Crippen LogP contribution in [0.15, 0.2) is 47.0 Å². The van der Waals surface area contributed by atoms with E-state index in [-0.39, 0.29) is 41.8 Å². The lowest BCUT2D eigenvalue weighted by Gasteiger charge is -2.39. The van der Waals surface area contributed by atoms with Gasteiger partial charge in [0.2, 0.25) is 11.3 Å². The van der Waals surface area contributed by atoms with E-state index in [0.717, 1.165) is 17.8 Å². The standard InChI is InChI=1S/C25H23FN6O5S/c1-2-37-7-6-28-23(34)15-10-31(11-15)22-18(26)8-16-20(33)17(24(35)36)12-32(21(16)30-22)25-29-19(13-38-25)14-4-3-5-27-9-14/h3-5,8-9,12-13,15H,2,6-7,10-11H2,1H3,(H,28,34)(H,35,36). The largest absolute Gasteiger partial charge is 0.477 e. The van der Waals surface area contributed by atoms with Crippen LogP contribution in [0.25, 0.3) is 27.4 Å². The molecule has 0 aromatic carbocycles. The van der Waals surface area contributed by atoms with Crippen LogP contribution in [0, 0.1) is 11.7 Å². The number of thiazole rings is 1. The van der Waals surface area contributed by atoms with E-state index < -0.39 is 22.8 Å². The molecule has 1 aliphatic rings. The first kappa shape index (κ1) is 25.4. The maximum absolute atomic E-state index is 15.1. The molecular weight excluding hydrogens is 515 g/mol. The van der Waals surface area contributed by atoms with E-state index in [1.165, 1.54) is 15.9 Å². The number of carboxylic acids is 1. The lowest BCUT2D eigenvalue weighted by Crippen LogP contribution is -2.54. The highest BCUT2D eigenvalue weighted by atomic mass is 32.1. The van der Waals surface area contributed by atoms with Gasteiger partial charge in [-0.3, -0.25) is 19.1 Å². The number of carbonyl (C=O) groups is 2. The summed E-state index contributed by atoms with van der Waals surface area (Å²) in [6.45, 7) is 3.72. The molecule has 1 aliphatic heterocycles. The zero-order valence-electron chi connectivity index (χ0n) is 20.3. The zero-order valence-corrected chi connectivity index (χ0v) is 21.1. The van der Waals surface area contributed by atoms with Gasteiger partial charge in [0.05, 0.1) is 23.6 Å². The molecule has 38 heavy (non-hydrogen) atoms. The van der Waals surface area contributed by atoms with E-state index in [1.807, 2.05) is 13.0 Å². The highest BCUT2D eigenvalue weighted by molar-refractivity contribution is 7.12. The molecule has 0 spiro atoms. The van der Waals surface area contributed by atoms with Crippen LogP contribution in [-0.2, 0) is 9.53 Å². The van der Waals surface area contributed by atoms with Gasteiger partial charge in [-0.15, -0.1) is 11.3 Å². The molecule has 2 N–H and O–H groups in total. The summed E-state index contributed by atoms with van der Waals surface area (Å²) in [6, 6.07) is 4.59. The summed E-state index contributed by atoms with van der Waals surface area (Å²) in [7, 11) is 0. The Hall–Kier alpha value is -4.23. The quantitative estimate of drug-likeness (QED) is 0.307. The van der Waals surface area contributed by atoms with Crippen molar-refractivity contribution < 1.29 is 23.8 Å². The number of halogens is 1. The van der Waals surface area contributed by atoms with Crippen molar-refractivity contribution in [2.24, 2.45) is 5.92 Å². The summed E-state index contributed by atoms with van der Waals surface area (Å²) in [5, 5.41) is 14.3. The van der Waals surface area contributed by atoms with Crippen molar-refractivity contribution in [1.29, 1.82) is 0 Å². The number of nitrogens with one attached hydrogen (secondary N) is 1. The minimum absolute atomic E-state index is 0.0314. The Kier molecular flexibility index (Phi) is 7.11. The fraction of sp³-hybridized carbons (Fsp3) is 0.280. The van der Waals surface area contributed by atoms with Crippen LogP contribution in [0.4, 0.5) is 10.2 Å². The number of fused-ring (bicyclic) bond motifs is 1. The first-order valence-corrected chi connectivity index (χ1v) is 12.7. The smallest absolute Gasteiger partial charge is 0.341 e. The summed E-state index contributed by atoms with van der Waals surface area (Å²) in [5.41, 5.74) is 0.0427. The van der Waals surface area contributed by atoms with Crippen LogP contribution < -0.4 is 15.6 Å². The summed E-state index contributed by atoms with van der Waals surface area (Å²) in [4.78, 5) is 51.7. The van der Waals surface area contributed by atoms with E-state index in [1.54, 1.807) is 28.7 Å². The average Bonchev–Trinajstić information content (AvgIpc) is 3.37. The van der Waals surface area contributed by atoms with E-state index >= 15 is 4.39 Å². The fourth-order valence-corrected chi connectivity index (χ4v) is 4.92. The number of rotatable bonds is 9. The molecule has 0 unspecified atom stereocenters. The zero-order chi connectivity index (χ0) is 26.8. The first-order valence-electron chi connectivity index (χ1n) is 11.8. The van der Waals surface area contributed by atoms with Crippen molar-refractivity contribution in [2.75, 3.05) is 37.7 Å². The van der Waals surface area contributed by atoms with Crippen molar-refractivity contribution in [2.45, 2.75) is 6.92 Å². The molecule has 5 rings (SSSR count). The monoisotopic (exact) mass is 538 g/mol. The number of hydrogen-bond donors (Lipinski definition) is 2. The minimum Gasteiger partial charge on any atom is -0.477 e. The first-order chi connectivity index (χ1) is 18.4. The Morgan fingerprint density at radius 3 is 2.84 bits per heavy atom. The Labute approximate surface area is 219 Å². The van der Waals surface area contributed by atoms with Crippen molar-refractivity contribution in [3.63, 3.8) is 0 Å². The number of aromatic nitrogens is 4. The van der Waals surface area contributed by atoms with Gasteiger partial charge in [0.25, 0.3) is 0 Å². The van der Waals surface area contributed by atoms with Crippen LogP contribution in [0.5, 0.6) is 0 Å².